The van der Waals surface area contributed by atoms with Gasteiger partial charge in [0.1, 0.15) is 0 Å². The molecule has 3 nitrogen and oxygen atoms in total. The van der Waals surface area contributed by atoms with Gasteiger partial charge in [0.15, 0.2) is 0 Å². The van der Waals surface area contributed by atoms with Crippen molar-refractivity contribution in [2.24, 2.45) is 17.6 Å². The molecule has 2 N–H and O–H groups in total. The van der Waals surface area contributed by atoms with E-state index in [4.69, 9.17) is 5.73 Å². The van der Waals surface area contributed by atoms with Crippen molar-refractivity contribution in [2.45, 2.75) is 65.5 Å². The lowest BCUT2D eigenvalue weighted by molar-refractivity contribution is 0.141. The number of hydrogen-bond donors (Lipinski definition) is 1. The molecule has 1 aromatic heterocycles. The molecule has 1 aliphatic rings. The van der Waals surface area contributed by atoms with Gasteiger partial charge in [0, 0.05) is 24.2 Å². The van der Waals surface area contributed by atoms with E-state index in [0.717, 1.165) is 31.0 Å². The Bertz CT molecular complexity index is 410. The highest BCUT2D eigenvalue weighted by Crippen LogP contribution is 2.38. The normalized spacial score (nSPS) is 32.7. The smallest absolute Gasteiger partial charge is 0.0596 e. The first-order valence-corrected chi connectivity index (χ1v) is 7.28. The summed E-state index contributed by atoms with van der Waals surface area (Å²) in [6.45, 7) is 9.80. The van der Waals surface area contributed by atoms with E-state index in [1.165, 1.54) is 18.5 Å². The summed E-state index contributed by atoms with van der Waals surface area (Å²) in [5.41, 5.74) is 9.08. The largest absolute Gasteiger partial charge is 0.324 e. The Morgan fingerprint density at radius 2 is 2.22 bits per heavy atom. The average Bonchev–Trinajstić information content (AvgIpc) is 2.66. The Morgan fingerprint density at radius 1 is 1.50 bits per heavy atom. The summed E-state index contributed by atoms with van der Waals surface area (Å²) in [5, 5.41) is 4.53. The van der Waals surface area contributed by atoms with Gasteiger partial charge < -0.3 is 5.73 Å². The van der Waals surface area contributed by atoms with Crippen molar-refractivity contribution >= 4 is 0 Å². The average molecular weight is 249 g/mol. The second-order valence-electron chi connectivity index (χ2n) is 6.16. The lowest BCUT2D eigenvalue weighted by atomic mass is 9.67. The van der Waals surface area contributed by atoms with Crippen molar-refractivity contribution < 1.29 is 0 Å². The van der Waals surface area contributed by atoms with Crippen LogP contribution >= 0.6 is 0 Å². The van der Waals surface area contributed by atoms with Crippen LogP contribution in [0.5, 0.6) is 0 Å². The van der Waals surface area contributed by atoms with E-state index in [-0.39, 0.29) is 5.54 Å². The SMILES string of the molecule is CCn1nc(C)cc1CC1(N)CCCC(C)C1C. The molecule has 1 aliphatic carbocycles. The molecule has 1 fully saturated rings. The van der Waals surface area contributed by atoms with Gasteiger partial charge in [-0.25, -0.2) is 0 Å². The zero-order valence-corrected chi connectivity index (χ0v) is 12.2. The molecule has 0 aromatic carbocycles. The van der Waals surface area contributed by atoms with Crippen LogP contribution in [0.2, 0.25) is 0 Å². The molecular weight excluding hydrogens is 222 g/mol. The van der Waals surface area contributed by atoms with Gasteiger partial charge in [-0.3, -0.25) is 4.68 Å². The topological polar surface area (TPSA) is 43.8 Å². The summed E-state index contributed by atoms with van der Waals surface area (Å²) < 4.78 is 2.11. The van der Waals surface area contributed by atoms with E-state index < -0.39 is 0 Å². The summed E-state index contributed by atoms with van der Waals surface area (Å²) >= 11 is 0. The Morgan fingerprint density at radius 3 is 2.89 bits per heavy atom. The molecule has 1 heterocycles. The van der Waals surface area contributed by atoms with Gasteiger partial charge in [-0.2, -0.15) is 5.10 Å². The highest BCUT2D eigenvalue weighted by atomic mass is 15.3. The van der Waals surface area contributed by atoms with Crippen molar-refractivity contribution in [3.05, 3.63) is 17.5 Å². The maximum atomic E-state index is 6.72. The Hall–Kier alpha value is -0.830. The van der Waals surface area contributed by atoms with Gasteiger partial charge >= 0.3 is 0 Å². The van der Waals surface area contributed by atoms with E-state index in [1.807, 2.05) is 0 Å². The van der Waals surface area contributed by atoms with Crippen LogP contribution in [0.4, 0.5) is 0 Å². The molecule has 102 valence electrons. The first-order valence-electron chi connectivity index (χ1n) is 7.28. The molecule has 18 heavy (non-hydrogen) atoms. The minimum absolute atomic E-state index is 0.0446. The van der Waals surface area contributed by atoms with Crippen LogP contribution in [0, 0.1) is 18.8 Å². The molecule has 1 aromatic rings. The standard InChI is InChI=1S/C15H27N3/c1-5-18-14(9-12(3)17-18)10-15(16)8-6-7-11(2)13(15)4/h9,11,13H,5-8,10,16H2,1-4H3. The number of rotatable bonds is 3. The first-order chi connectivity index (χ1) is 8.46. The third kappa shape index (κ3) is 2.46. The minimum atomic E-state index is -0.0446. The monoisotopic (exact) mass is 249 g/mol. The molecular formula is C15H27N3. The van der Waals surface area contributed by atoms with Crippen LogP contribution in [0.25, 0.3) is 0 Å². The fourth-order valence-electron chi connectivity index (χ4n) is 3.40. The number of nitrogens with two attached hydrogens (primary N) is 1. The Kier molecular flexibility index (Phi) is 3.81. The van der Waals surface area contributed by atoms with Crippen molar-refractivity contribution in [3.63, 3.8) is 0 Å². The van der Waals surface area contributed by atoms with Crippen LogP contribution in [-0.2, 0) is 13.0 Å². The van der Waals surface area contributed by atoms with Crippen molar-refractivity contribution in [1.29, 1.82) is 0 Å². The highest BCUT2D eigenvalue weighted by Gasteiger charge is 2.38. The fourth-order valence-corrected chi connectivity index (χ4v) is 3.40. The summed E-state index contributed by atoms with van der Waals surface area (Å²) in [6, 6.07) is 2.20. The van der Waals surface area contributed by atoms with Crippen LogP contribution in [0.15, 0.2) is 6.07 Å². The van der Waals surface area contributed by atoms with Crippen molar-refractivity contribution in [1.82, 2.24) is 9.78 Å². The second kappa shape index (κ2) is 5.04. The molecule has 0 bridgehead atoms. The summed E-state index contributed by atoms with van der Waals surface area (Å²) in [4.78, 5) is 0. The van der Waals surface area contributed by atoms with Gasteiger partial charge in [0.2, 0.25) is 0 Å². The summed E-state index contributed by atoms with van der Waals surface area (Å²) in [6.07, 6.45) is 4.70. The van der Waals surface area contributed by atoms with Gasteiger partial charge in [-0.15, -0.1) is 0 Å². The van der Waals surface area contributed by atoms with Crippen LogP contribution in [-0.4, -0.2) is 15.3 Å². The predicted molar refractivity (Wildman–Crippen MR) is 75.4 cm³/mol. The quantitative estimate of drug-likeness (QED) is 0.895. The highest BCUT2D eigenvalue weighted by molar-refractivity contribution is 5.14. The Labute approximate surface area is 111 Å². The van der Waals surface area contributed by atoms with Crippen molar-refractivity contribution in [2.75, 3.05) is 0 Å². The van der Waals surface area contributed by atoms with E-state index in [1.54, 1.807) is 0 Å². The molecule has 1 saturated carbocycles. The van der Waals surface area contributed by atoms with E-state index in [0.29, 0.717) is 5.92 Å². The molecule has 0 radical (unpaired) electrons. The molecule has 3 unspecified atom stereocenters. The van der Waals surface area contributed by atoms with E-state index in [9.17, 15) is 0 Å². The van der Waals surface area contributed by atoms with Crippen molar-refractivity contribution in [3.8, 4) is 0 Å². The van der Waals surface area contributed by atoms with Gasteiger partial charge in [0.25, 0.3) is 0 Å². The minimum Gasteiger partial charge on any atom is -0.324 e. The third-order valence-electron chi connectivity index (χ3n) is 4.86. The number of nitrogens with zero attached hydrogens (tertiary/aromatic N) is 2. The number of hydrogen-bond acceptors (Lipinski definition) is 2. The maximum Gasteiger partial charge on any atom is 0.0596 e. The molecule has 0 aliphatic heterocycles. The Balaban J connectivity index is 2.20. The van der Waals surface area contributed by atoms with Gasteiger partial charge in [-0.05, 0) is 38.2 Å². The lowest BCUT2D eigenvalue weighted by Crippen LogP contribution is -2.52. The molecule has 0 spiro atoms. The molecule has 0 amide bonds. The third-order valence-corrected chi connectivity index (χ3v) is 4.86. The first kappa shape index (κ1) is 13.6. The molecule has 0 saturated heterocycles. The summed E-state index contributed by atoms with van der Waals surface area (Å²) in [5.74, 6) is 1.33. The predicted octanol–water partition coefficient (Wildman–Crippen LogP) is 2.91. The van der Waals surface area contributed by atoms with Crippen LogP contribution in [0.3, 0.4) is 0 Å². The number of aryl methyl sites for hydroxylation is 2. The molecule has 2 rings (SSSR count). The van der Waals surface area contributed by atoms with Crippen LogP contribution in [0.1, 0.15) is 51.4 Å². The zero-order valence-electron chi connectivity index (χ0n) is 12.2. The molecule has 3 heteroatoms. The zero-order chi connectivity index (χ0) is 13.3. The maximum absolute atomic E-state index is 6.72. The fraction of sp³-hybridized carbons (Fsp3) is 0.800. The van der Waals surface area contributed by atoms with Gasteiger partial charge in [-0.1, -0.05) is 26.7 Å². The van der Waals surface area contributed by atoms with Gasteiger partial charge in [0.05, 0.1) is 5.69 Å². The van der Waals surface area contributed by atoms with E-state index >= 15 is 0 Å². The second-order valence-corrected chi connectivity index (χ2v) is 6.16. The summed E-state index contributed by atoms with van der Waals surface area (Å²) in [7, 11) is 0. The lowest BCUT2D eigenvalue weighted by Gasteiger charge is -2.43. The van der Waals surface area contributed by atoms with E-state index in [2.05, 4.69) is 43.5 Å². The van der Waals surface area contributed by atoms with Crippen LogP contribution < -0.4 is 5.73 Å². The molecule has 3 atom stereocenters. The number of aromatic nitrogens is 2.